The molecule has 0 spiro atoms. The number of thioether (sulfide) groups is 3. The van der Waals surface area contributed by atoms with E-state index in [4.69, 9.17) is 23.1 Å². The van der Waals surface area contributed by atoms with Crippen LogP contribution >= 0.6 is 69.8 Å². The third-order valence-corrected chi connectivity index (χ3v) is 10.3. The van der Waals surface area contributed by atoms with E-state index in [-0.39, 0.29) is 26.6 Å². The van der Waals surface area contributed by atoms with Gasteiger partial charge in [-0.25, -0.2) is 14.8 Å². The van der Waals surface area contributed by atoms with Crippen molar-refractivity contribution in [1.29, 1.82) is 0 Å². The number of hydrogen-bond acceptors (Lipinski definition) is 15. The van der Waals surface area contributed by atoms with Crippen LogP contribution in [0.4, 0.5) is 5.13 Å². The molecule has 13 nitrogen and oxygen atoms in total. The summed E-state index contributed by atoms with van der Waals surface area (Å²) < 4.78 is 4.87. The van der Waals surface area contributed by atoms with Gasteiger partial charge in [0, 0.05) is 23.0 Å². The number of aromatic nitrogens is 3. The van der Waals surface area contributed by atoms with Crippen LogP contribution < -0.4 is 16.8 Å². The molecule has 4 heterocycles. The molecule has 1 saturated heterocycles. The average Bonchev–Trinajstić information content (AvgIpc) is 3.42. The van der Waals surface area contributed by atoms with Crippen LogP contribution in [0.5, 0.6) is 0 Å². The van der Waals surface area contributed by atoms with Crippen LogP contribution in [0.2, 0.25) is 4.34 Å². The number of rotatable bonds is 11. The van der Waals surface area contributed by atoms with E-state index in [9.17, 15) is 24.4 Å². The van der Waals surface area contributed by atoms with E-state index >= 15 is 0 Å². The van der Waals surface area contributed by atoms with Crippen molar-refractivity contribution >= 4 is 92.7 Å². The number of carboxylic acid groups (broad SMARTS) is 1. The van der Waals surface area contributed by atoms with Crippen molar-refractivity contribution in [2.24, 2.45) is 10.9 Å². The number of nitroso groups, excluding NO2 is 1. The number of halogens is 1. The first-order valence-electron chi connectivity index (χ1n) is 9.99. The number of nitrogens with two attached hydrogens (primary N) is 2. The summed E-state index contributed by atoms with van der Waals surface area (Å²) in [5.74, 6) is -0.516. The van der Waals surface area contributed by atoms with E-state index in [2.05, 4.69) is 24.8 Å². The molecule has 3 unspecified atom stereocenters. The number of nitrogen functional groups attached to an aromatic ring is 1. The van der Waals surface area contributed by atoms with Crippen LogP contribution in [-0.2, 0) is 20.1 Å². The summed E-state index contributed by atoms with van der Waals surface area (Å²) in [6.07, 6.45) is 0. The van der Waals surface area contributed by atoms with E-state index in [1.807, 2.05) is 0 Å². The minimum Gasteiger partial charge on any atom is -0.477 e. The fourth-order valence-electron chi connectivity index (χ4n) is 3.31. The Labute approximate surface area is 229 Å². The van der Waals surface area contributed by atoms with E-state index in [1.165, 1.54) is 11.8 Å². The number of nitrogens with zero attached hydrogens (tertiary/aromatic N) is 5. The lowest BCUT2D eigenvalue weighted by atomic mass is 10.0. The normalized spacial score (nSPS) is 20.1. The molecule has 2 amide bonds. The fourth-order valence-corrected chi connectivity index (χ4v) is 8.26. The van der Waals surface area contributed by atoms with Crippen LogP contribution in [-0.4, -0.2) is 71.6 Å². The summed E-state index contributed by atoms with van der Waals surface area (Å²) in [4.78, 5) is 58.9. The van der Waals surface area contributed by atoms with Gasteiger partial charge >= 0.3 is 5.97 Å². The van der Waals surface area contributed by atoms with Gasteiger partial charge in [0.15, 0.2) is 15.3 Å². The van der Waals surface area contributed by atoms with Crippen LogP contribution in [0.15, 0.2) is 20.1 Å². The molecular weight excluding hydrogens is 592 g/mol. The lowest BCUT2D eigenvalue weighted by Gasteiger charge is -2.49. The number of anilines is 1. The maximum absolute atomic E-state index is 12.9. The SMILES string of the molecule is NCCSCc1nsc(SC2=C(C(=O)O)N3C(=O)C(NC(=O)C(N=O)c4nc(N)sc4Cl)C3SC2)n1. The van der Waals surface area contributed by atoms with Crippen LogP contribution in [0, 0.1) is 4.91 Å². The van der Waals surface area contributed by atoms with Gasteiger partial charge in [-0.3, -0.25) is 14.5 Å². The molecule has 1 fully saturated rings. The van der Waals surface area contributed by atoms with Gasteiger partial charge < -0.3 is 21.9 Å². The number of carbonyl (C=O) groups is 3. The molecule has 192 valence electrons. The molecule has 3 atom stereocenters. The van der Waals surface area contributed by atoms with Crippen molar-refractivity contribution in [2.45, 2.75) is 27.6 Å². The molecule has 4 rings (SSSR count). The molecule has 2 aromatic rings. The first kappa shape index (κ1) is 27.1. The number of nitrogens with one attached hydrogen (secondary N) is 1. The fraction of sp³-hybridized carbons (Fsp3) is 0.412. The zero-order valence-electron chi connectivity index (χ0n) is 18.0. The number of thiazole rings is 1. The lowest BCUT2D eigenvalue weighted by molar-refractivity contribution is -0.150. The number of carbonyl (C=O) groups excluding carboxylic acids is 2. The van der Waals surface area contributed by atoms with Crippen molar-refractivity contribution in [3.63, 3.8) is 0 Å². The second-order valence-electron chi connectivity index (χ2n) is 7.11. The zero-order valence-corrected chi connectivity index (χ0v) is 22.8. The smallest absolute Gasteiger partial charge is 0.353 e. The first-order valence-corrected chi connectivity index (χ1v) is 15.0. The molecule has 2 aromatic heterocycles. The Hall–Kier alpha value is -1.96. The number of aliphatic carboxylic acids is 1. The van der Waals surface area contributed by atoms with Crippen LogP contribution in [0.1, 0.15) is 17.6 Å². The molecule has 0 radical (unpaired) electrons. The van der Waals surface area contributed by atoms with Gasteiger partial charge in [-0.2, -0.15) is 16.1 Å². The minimum absolute atomic E-state index is 0.0384. The molecule has 0 aromatic carbocycles. The Morgan fingerprint density at radius 3 is 2.81 bits per heavy atom. The third kappa shape index (κ3) is 5.48. The predicted octanol–water partition coefficient (Wildman–Crippen LogP) is 1.72. The minimum atomic E-state index is -1.60. The molecule has 2 aliphatic rings. The molecule has 19 heteroatoms. The highest BCUT2D eigenvalue weighted by molar-refractivity contribution is 8.07. The van der Waals surface area contributed by atoms with Crippen molar-refractivity contribution in [3.8, 4) is 0 Å². The van der Waals surface area contributed by atoms with E-state index < -0.39 is 35.2 Å². The highest BCUT2D eigenvalue weighted by atomic mass is 35.5. The molecule has 2 aliphatic heterocycles. The quantitative estimate of drug-likeness (QED) is 0.163. The van der Waals surface area contributed by atoms with Gasteiger partial charge in [-0.15, -0.1) is 16.7 Å². The van der Waals surface area contributed by atoms with Gasteiger partial charge in [0.2, 0.25) is 6.04 Å². The topological polar surface area (TPSA) is 207 Å². The highest BCUT2D eigenvalue weighted by Gasteiger charge is 2.55. The third-order valence-electron chi connectivity index (χ3n) is 4.83. The van der Waals surface area contributed by atoms with Crippen molar-refractivity contribution in [3.05, 3.63) is 31.4 Å². The monoisotopic (exact) mass is 608 g/mol. The lowest BCUT2D eigenvalue weighted by Crippen LogP contribution is -2.70. The van der Waals surface area contributed by atoms with Gasteiger partial charge in [-0.05, 0) is 16.7 Å². The summed E-state index contributed by atoms with van der Waals surface area (Å²) in [6, 6.07) is -2.65. The summed E-state index contributed by atoms with van der Waals surface area (Å²) in [5, 5.41) is 14.5. The van der Waals surface area contributed by atoms with Gasteiger partial charge in [0.1, 0.15) is 27.1 Å². The number of fused-ring (bicyclic) bond motifs is 1. The maximum atomic E-state index is 12.9. The van der Waals surface area contributed by atoms with Gasteiger partial charge in [0.05, 0.1) is 5.75 Å². The Morgan fingerprint density at radius 2 is 2.17 bits per heavy atom. The van der Waals surface area contributed by atoms with E-state index in [0.717, 1.165) is 45.3 Å². The summed E-state index contributed by atoms with van der Waals surface area (Å²) in [6.45, 7) is 0.550. The highest BCUT2D eigenvalue weighted by Crippen LogP contribution is 2.45. The van der Waals surface area contributed by atoms with Crippen molar-refractivity contribution in [1.82, 2.24) is 24.6 Å². The molecular formula is C17H17ClN8O5S5. The zero-order chi connectivity index (χ0) is 26.0. The van der Waals surface area contributed by atoms with Gasteiger partial charge in [0.25, 0.3) is 11.8 Å². The van der Waals surface area contributed by atoms with E-state index in [1.54, 1.807) is 11.8 Å². The predicted molar refractivity (Wildman–Crippen MR) is 141 cm³/mol. The number of hydrogen-bond donors (Lipinski definition) is 4. The number of β-lactam (4-membered cyclic amide) rings is 1. The summed E-state index contributed by atoms with van der Waals surface area (Å²) >= 11 is 12.0. The molecule has 0 saturated carbocycles. The Kier molecular flexibility index (Phi) is 8.74. The second-order valence-corrected chi connectivity index (χ2v) is 13.0. The average molecular weight is 609 g/mol. The first-order chi connectivity index (χ1) is 17.2. The second kappa shape index (κ2) is 11.6. The number of carboxylic acids is 1. The number of amides is 2. The largest absolute Gasteiger partial charge is 0.477 e. The van der Waals surface area contributed by atoms with E-state index in [0.29, 0.717) is 27.4 Å². The van der Waals surface area contributed by atoms with Gasteiger partial charge in [-0.1, -0.05) is 34.7 Å². The van der Waals surface area contributed by atoms with Crippen LogP contribution in [0.25, 0.3) is 0 Å². The van der Waals surface area contributed by atoms with Crippen molar-refractivity contribution in [2.75, 3.05) is 23.8 Å². The maximum Gasteiger partial charge on any atom is 0.353 e. The molecule has 0 aliphatic carbocycles. The summed E-state index contributed by atoms with van der Waals surface area (Å²) in [5.41, 5.74) is 10.8. The van der Waals surface area contributed by atoms with Crippen molar-refractivity contribution < 1.29 is 19.5 Å². The standard InChI is InChI=1S/C17H17ClN8O5S5/c18-11-7(23-16(20)35-11)8(24-31)12(27)22-9-13(28)26-10(15(29)30)5(3-33-14(9)26)34-17-21-6(25-36-17)4-32-2-1-19/h8-9,14H,1-4,19H2,(H2,20,23)(H,22,27)(H,29,30). The molecule has 6 N–H and O–H groups in total. The summed E-state index contributed by atoms with van der Waals surface area (Å²) in [7, 11) is 0. The Balaban J connectivity index is 1.47. The Bertz CT molecular complexity index is 1240. The molecule has 36 heavy (non-hydrogen) atoms. The molecule has 0 bridgehead atoms. The van der Waals surface area contributed by atoms with Crippen LogP contribution in [0.3, 0.4) is 0 Å². The Morgan fingerprint density at radius 1 is 1.39 bits per heavy atom.